The molecule has 1 atom stereocenters. The Morgan fingerprint density at radius 3 is 2.18 bits per heavy atom. The Hall–Kier alpha value is -0.690. The average molecular weight is 248 g/mol. The molecule has 6 nitrogen and oxygen atoms in total. The van der Waals surface area contributed by atoms with E-state index in [4.69, 9.17) is 25.7 Å². The summed E-state index contributed by atoms with van der Waals surface area (Å²) < 4.78 is 15.3. The van der Waals surface area contributed by atoms with Crippen molar-refractivity contribution in [1.82, 2.24) is 0 Å². The number of nitrogens with two attached hydrogens (primary N) is 2. The van der Waals surface area contributed by atoms with Gasteiger partial charge in [-0.05, 0) is 19.8 Å². The fourth-order valence-corrected chi connectivity index (χ4v) is 1.13. The van der Waals surface area contributed by atoms with E-state index >= 15 is 0 Å². The van der Waals surface area contributed by atoms with Crippen LogP contribution in [-0.2, 0) is 19.0 Å². The van der Waals surface area contributed by atoms with Crippen molar-refractivity contribution in [3.8, 4) is 0 Å². The maximum absolute atomic E-state index is 10.9. The lowest BCUT2D eigenvalue weighted by Gasteiger charge is -2.19. The molecule has 0 heterocycles. The van der Waals surface area contributed by atoms with Crippen molar-refractivity contribution in [2.24, 2.45) is 11.5 Å². The van der Waals surface area contributed by atoms with Gasteiger partial charge in [0.05, 0.1) is 32.0 Å². The summed E-state index contributed by atoms with van der Waals surface area (Å²) in [5.41, 5.74) is 9.88. The number of primary amides is 1. The summed E-state index contributed by atoms with van der Waals surface area (Å²) >= 11 is 0. The van der Waals surface area contributed by atoms with Crippen molar-refractivity contribution >= 4 is 5.91 Å². The van der Waals surface area contributed by atoms with Crippen LogP contribution < -0.4 is 11.5 Å². The molecule has 1 unspecified atom stereocenters. The molecular weight excluding hydrogens is 224 g/mol. The molecule has 0 spiro atoms. The first-order valence-electron chi connectivity index (χ1n) is 5.74. The van der Waals surface area contributed by atoms with E-state index in [2.05, 4.69) is 0 Å². The summed E-state index contributed by atoms with van der Waals surface area (Å²) in [4.78, 5) is 10.9. The lowest BCUT2D eigenvalue weighted by Crippen LogP contribution is -2.49. The minimum absolute atomic E-state index is 0.486. The topological polar surface area (TPSA) is 96.8 Å². The highest BCUT2D eigenvalue weighted by Crippen LogP contribution is 2.07. The first-order valence-corrected chi connectivity index (χ1v) is 5.74. The van der Waals surface area contributed by atoms with Crippen LogP contribution in [0.5, 0.6) is 0 Å². The molecular formula is C11H24N2O4. The van der Waals surface area contributed by atoms with Crippen molar-refractivity contribution in [2.45, 2.75) is 25.3 Å². The molecule has 0 aliphatic rings. The SMILES string of the molecule is COCCOCCOCCCC(C)(N)C(N)=O. The van der Waals surface area contributed by atoms with Gasteiger partial charge in [0.2, 0.25) is 5.91 Å². The second-order valence-corrected chi connectivity index (χ2v) is 4.10. The van der Waals surface area contributed by atoms with Gasteiger partial charge >= 0.3 is 0 Å². The Morgan fingerprint density at radius 1 is 1.12 bits per heavy atom. The average Bonchev–Trinajstić information content (AvgIpc) is 2.26. The van der Waals surface area contributed by atoms with Gasteiger partial charge in [-0.25, -0.2) is 0 Å². The van der Waals surface area contributed by atoms with Crippen LogP contribution in [0.3, 0.4) is 0 Å². The molecule has 0 radical (unpaired) electrons. The molecule has 0 fully saturated rings. The minimum atomic E-state index is -0.946. The predicted octanol–water partition coefficient (Wildman–Crippen LogP) is -0.351. The summed E-state index contributed by atoms with van der Waals surface area (Å²) in [6, 6.07) is 0. The Balaban J connectivity index is 3.27. The molecule has 102 valence electrons. The first-order chi connectivity index (χ1) is 8.00. The van der Waals surface area contributed by atoms with Crippen LogP contribution in [0.4, 0.5) is 0 Å². The van der Waals surface area contributed by atoms with Gasteiger partial charge in [-0.3, -0.25) is 4.79 Å². The molecule has 0 saturated carbocycles. The van der Waals surface area contributed by atoms with E-state index in [0.29, 0.717) is 45.9 Å². The van der Waals surface area contributed by atoms with E-state index in [9.17, 15) is 4.79 Å². The van der Waals surface area contributed by atoms with Crippen molar-refractivity contribution in [3.63, 3.8) is 0 Å². The number of carbonyl (C=O) groups is 1. The number of methoxy groups -OCH3 is 1. The van der Waals surface area contributed by atoms with E-state index in [1.165, 1.54) is 0 Å². The van der Waals surface area contributed by atoms with Crippen LogP contribution >= 0.6 is 0 Å². The number of rotatable bonds is 11. The molecule has 0 bridgehead atoms. The van der Waals surface area contributed by atoms with Crippen molar-refractivity contribution in [1.29, 1.82) is 0 Å². The molecule has 0 aromatic heterocycles. The third kappa shape index (κ3) is 9.05. The largest absolute Gasteiger partial charge is 0.382 e. The second-order valence-electron chi connectivity index (χ2n) is 4.10. The molecule has 0 aliphatic heterocycles. The van der Waals surface area contributed by atoms with Crippen LogP contribution in [0.15, 0.2) is 0 Å². The van der Waals surface area contributed by atoms with Crippen molar-refractivity contribution < 1.29 is 19.0 Å². The summed E-state index contributed by atoms with van der Waals surface area (Å²) in [7, 11) is 1.63. The van der Waals surface area contributed by atoms with E-state index < -0.39 is 11.4 Å². The van der Waals surface area contributed by atoms with E-state index in [0.717, 1.165) is 0 Å². The van der Waals surface area contributed by atoms with Gasteiger partial charge in [-0.1, -0.05) is 0 Å². The molecule has 0 saturated heterocycles. The van der Waals surface area contributed by atoms with Gasteiger partial charge in [-0.15, -0.1) is 0 Å². The zero-order chi connectivity index (χ0) is 13.1. The molecule has 0 aromatic rings. The Labute approximate surface area is 103 Å². The molecule has 0 aliphatic carbocycles. The Kier molecular flexibility index (Phi) is 8.97. The van der Waals surface area contributed by atoms with Crippen LogP contribution in [0.1, 0.15) is 19.8 Å². The van der Waals surface area contributed by atoms with Crippen LogP contribution in [-0.4, -0.2) is 51.6 Å². The highest BCUT2D eigenvalue weighted by molar-refractivity contribution is 5.83. The summed E-state index contributed by atoms with van der Waals surface area (Å²) in [6.45, 7) is 4.41. The lowest BCUT2D eigenvalue weighted by atomic mass is 9.97. The van der Waals surface area contributed by atoms with Gasteiger partial charge in [-0.2, -0.15) is 0 Å². The maximum atomic E-state index is 10.9. The van der Waals surface area contributed by atoms with Crippen LogP contribution in [0.2, 0.25) is 0 Å². The highest BCUT2D eigenvalue weighted by atomic mass is 16.5. The third-order valence-electron chi connectivity index (χ3n) is 2.35. The van der Waals surface area contributed by atoms with E-state index in [1.54, 1.807) is 14.0 Å². The zero-order valence-electron chi connectivity index (χ0n) is 10.7. The molecule has 0 rings (SSSR count). The molecule has 17 heavy (non-hydrogen) atoms. The summed E-state index contributed by atoms with van der Waals surface area (Å²) in [5.74, 6) is -0.486. The maximum Gasteiger partial charge on any atom is 0.237 e. The monoisotopic (exact) mass is 248 g/mol. The lowest BCUT2D eigenvalue weighted by molar-refractivity contribution is -0.122. The van der Waals surface area contributed by atoms with Crippen molar-refractivity contribution in [2.75, 3.05) is 40.1 Å². The van der Waals surface area contributed by atoms with Crippen molar-refractivity contribution in [3.05, 3.63) is 0 Å². The van der Waals surface area contributed by atoms with Gasteiger partial charge in [0.15, 0.2) is 0 Å². The number of amides is 1. The number of hydrogen-bond acceptors (Lipinski definition) is 5. The van der Waals surface area contributed by atoms with Gasteiger partial charge in [0.1, 0.15) is 0 Å². The molecule has 1 amide bonds. The minimum Gasteiger partial charge on any atom is -0.382 e. The summed E-state index contributed by atoms with van der Waals surface area (Å²) in [5, 5.41) is 0. The second kappa shape index (κ2) is 9.35. The van der Waals surface area contributed by atoms with E-state index in [-0.39, 0.29) is 0 Å². The standard InChI is InChI=1S/C11H24N2O4/c1-11(13,10(12)14)4-3-5-16-8-9-17-7-6-15-2/h3-9,13H2,1-2H3,(H2,12,14). The first kappa shape index (κ1) is 16.3. The summed E-state index contributed by atoms with van der Waals surface area (Å²) in [6.07, 6.45) is 1.22. The Morgan fingerprint density at radius 2 is 1.65 bits per heavy atom. The zero-order valence-corrected chi connectivity index (χ0v) is 10.7. The molecule has 0 aromatic carbocycles. The van der Waals surface area contributed by atoms with E-state index in [1.807, 2.05) is 0 Å². The van der Waals surface area contributed by atoms with Gasteiger partial charge < -0.3 is 25.7 Å². The number of hydrogen-bond donors (Lipinski definition) is 2. The fraction of sp³-hybridized carbons (Fsp3) is 0.909. The quantitative estimate of drug-likeness (QED) is 0.487. The highest BCUT2D eigenvalue weighted by Gasteiger charge is 2.24. The smallest absolute Gasteiger partial charge is 0.237 e. The normalized spacial score (nSPS) is 14.5. The number of ether oxygens (including phenoxy) is 3. The molecule has 6 heteroatoms. The Bertz CT molecular complexity index is 210. The molecule has 4 N–H and O–H groups in total. The third-order valence-corrected chi connectivity index (χ3v) is 2.35. The van der Waals surface area contributed by atoms with Gasteiger partial charge in [0.25, 0.3) is 0 Å². The fourth-order valence-electron chi connectivity index (χ4n) is 1.13. The van der Waals surface area contributed by atoms with Crippen LogP contribution in [0, 0.1) is 0 Å². The predicted molar refractivity (Wildman–Crippen MR) is 64.5 cm³/mol. The van der Waals surface area contributed by atoms with Gasteiger partial charge in [0, 0.05) is 13.7 Å². The number of carbonyl (C=O) groups excluding carboxylic acids is 1. The van der Waals surface area contributed by atoms with Crippen LogP contribution in [0.25, 0.3) is 0 Å².